The summed E-state index contributed by atoms with van der Waals surface area (Å²) in [6.45, 7) is 0.0853. The fourth-order valence-electron chi connectivity index (χ4n) is 3.92. The SMILES string of the molecule is COc1ccc2c(c1)C(=O)N(CC1(c3cc4c(=O)[nH]ccc4o3)NC(=O)NC1=O)C2. The first-order valence-corrected chi connectivity index (χ1v) is 9.13. The van der Waals surface area contributed by atoms with Crippen molar-refractivity contribution in [1.29, 1.82) is 0 Å². The van der Waals surface area contributed by atoms with E-state index in [1.54, 1.807) is 24.3 Å². The summed E-state index contributed by atoms with van der Waals surface area (Å²) in [4.78, 5) is 53.9. The van der Waals surface area contributed by atoms with Gasteiger partial charge >= 0.3 is 6.03 Å². The highest BCUT2D eigenvalue weighted by atomic mass is 16.5. The van der Waals surface area contributed by atoms with Crippen molar-refractivity contribution in [3.63, 3.8) is 0 Å². The minimum absolute atomic E-state index is 0.0684. The van der Waals surface area contributed by atoms with E-state index >= 15 is 0 Å². The molecule has 1 atom stereocenters. The molecule has 2 aliphatic rings. The molecule has 4 heterocycles. The van der Waals surface area contributed by atoms with Gasteiger partial charge in [-0.3, -0.25) is 19.7 Å². The van der Waals surface area contributed by atoms with Crippen LogP contribution in [-0.2, 0) is 16.9 Å². The molecule has 4 amide bonds. The molecular formula is C20H16N4O6. The number of carbonyl (C=O) groups is 3. The van der Waals surface area contributed by atoms with E-state index in [1.165, 1.54) is 24.3 Å². The summed E-state index contributed by atoms with van der Waals surface area (Å²) < 4.78 is 10.9. The van der Waals surface area contributed by atoms with Crippen molar-refractivity contribution in [2.75, 3.05) is 13.7 Å². The van der Waals surface area contributed by atoms with Gasteiger partial charge in [0, 0.05) is 18.3 Å². The Labute approximate surface area is 168 Å². The third kappa shape index (κ3) is 2.50. The Morgan fingerprint density at radius 3 is 2.70 bits per heavy atom. The first kappa shape index (κ1) is 18.0. The molecule has 0 radical (unpaired) electrons. The number of methoxy groups -OCH3 is 1. The fourth-order valence-corrected chi connectivity index (χ4v) is 3.92. The maximum absolute atomic E-state index is 13.0. The summed E-state index contributed by atoms with van der Waals surface area (Å²) in [6.07, 6.45) is 1.42. The normalized spacial score (nSPS) is 20.4. The van der Waals surface area contributed by atoms with Crippen LogP contribution in [0.2, 0.25) is 0 Å². The van der Waals surface area contributed by atoms with Gasteiger partial charge in [0.25, 0.3) is 17.4 Å². The van der Waals surface area contributed by atoms with Crippen LogP contribution in [0.4, 0.5) is 4.79 Å². The maximum Gasteiger partial charge on any atom is 0.322 e. The number of fused-ring (bicyclic) bond motifs is 2. The molecule has 2 aromatic heterocycles. The van der Waals surface area contributed by atoms with Crippen LogP contribution >= 0.6 is 0 Å². The number of nitrogens with zero attached hydrogens (tertiary/aromatic N) is 1. The first-order valence-electron chi connectivity index (χ1n) is 9.13. The number of urea groups is 1. The van der Waals surface area contributed by atoms with Crippen molar-refractivity contribution in [3.8, 4) is 5.75 Å². The molecule has 3 N–H and O–H groups in total. The van der Waals surface area contributed by atoms with Crippen molar-refractivity contribution in [2.24, 2.45) is 0 Å². The molecule has 152 valence electrons. The molecule has 0 aliphatic carbocycles. The van der Waals surface area contributed by atoms with Crippen molar-refractivity contribution >= 4 is 28.8 Å². The molecule has 2 aliphatic heterocycles. The second-order valence-corrected chi connectivity index (χ2v) is 7.19. The van der Waals surface area contributed by atoms with Gasteiger partial charge in [0.1, 0.15) is 17.1 Å². The monoisotopic (exact) mass is 408 g/mol. The van der Waals surface area contributed by atoms with Crippen molar-refractivity contribution in [3.05, 3.63) is 63.8 Å². The van der Waals surface area contributed by atoms with E-state index in [1.807, 2.05) is 0 Å². The second kappa shape index (κ2) is 6.21. The number of hydrogen-bond donors (Lipinski definition) is 3. The summed E-state index contributed by atoms with van der Waals surface area (Å²) in [5.41, 5.74) is -0.538. The second-order valence-electron chi connectivity index (χ2n) is 7.19. The van der Waals surface area contributed by atoms with Crippen LogP contribution in [0, 0.1) is 0 Å². The van der Waals surface area contributed by atoms with Crippen LogP contribution in [0.25, 0.3) is 11.0 Å². The molecule has 0 bridgehead atoms. The quantitative estimate of drug-likeness (QED) is 0.548. The Kier molecular flexibility index (Phi) is 3.72. The number of furan rings is 1. The standard InChI is InChI=1S/C20H16N4O6/c1-29-11-3-2-10-8-24(17(26)12(10)6-11)9-20(18(27)22-19(28)23-20)15-7-13-14(30-15)4-5-21-16(13)25/h2-7H,8-9H2,1H3,(H,21,25)(H2,22,23,27,28). The zero-order chi connectivity index (χ0) is 21.0. The van der Waals surface area contributed by atoms with E-state index in [2.05, 4.69) is 15.6 Å². The van der Waals surface area contributed by atoms with Gasteiger partial charge in [-0.1, -0.05) is 6.07 Å². The van der Waals surface area contributed by atoms with E-state index in [9.17, 15) is 19.2 Å². The predicted molar refractivity (Wildman–Crippen MR) is 103 cm³/mol. The lowest BCUT2D eigenvalue weighted by Gasteiger charge is -2.29. The van der Waals surface area contributed by atoms with Gasteiger partial charge in [-0.05, 0) is 29.8 Å². The average molecular weight is 408 g/mol. The predicted octanol–water partition coefficient (Wildman–Crippen LogP) is 0.820. The summed E-state index contributed by atoms with van der Waals surface area (Å²) in [5.74, 6) is -0.350. The lowest BCUT2D eigenvalue weighted by Crippen LogP contribution is -2.52. The molecular weight excluding hydrogens is 392 g/mol. The number of ether oxygens (including phenoxy) is 1. The van der Waals surface area contributed by atoms with Crippen molar-refractivity contribution in [2.45, 2.75) is 12.1 Å². The van der Waals surface area contributed by atoms with E-state index < -0.39 is 17.5 Å². The lowest BCUT2D eigenvalue weighted by atomic mass is 9.95. The highest BCUT2D eigenvalue weighted by molar-refractivity contribution is 6.08. The number of benzene rings is 1. The summed E-state index contributed by atoms with van der Waals surface area (Å²) in [5, 5.41) is 5.02. The van der Waals surface area contributed by atoms with Gasteiger partial charge in [0.15, 0.2) is 5.54 Å². The van der Waals surface area contributed by atoms with Gasteiger partial charge in [-0.25, -0.2) is 4.79 Å². The molecule has 10 nitrogen and oxygen atoms in total. The topological polar surface area (TPSA) is 134 Å². The van der Waals surface area contributed by atoms with Crippen LogP contribution in [0.3, 0.4) is 0 Å². The van der Waals surface area contributed by atoms with Crippen LogP contribution in [0.1, 0.15) is 21.7 Å². The number of carbonyl (C=O) groups excluding carboxylic acids is 3. The molecule has 0 spiro atoms. The van der Waals surface area contributed by atoms with Crippen LogP contribution in [-0.4, -0.2) is 41.4 Å². The summed E-state index contributed by atoms with van der Waals surface area (Å²) in [6, 6.07) is 7.42. The fraction of sp³-hybridized carbons (Fsp3) is 0.200. The van der Waals surface area contributed by atoms with Crippen LogP contribution in [0.5, 0.6) is 5.75 Å². The number of imide groups is 1. The molecule has 0 saturated carbocycles. The Morgan fingerprint density at radius 2 is 2.00 bits per heavy atom. The smallest absolute Gasteiger partial charge is 0.322 e. The molecule has 1 fully saturated rings. The minimum Gasteiger partial charge on any atom is -0.497 e. The van der Waals surface area contributed by atoms with E-state index in [4.69, 9.17) is 9.15 Å². The van der Waals surface area contributed by atoms with E-state index in [0.29, 0.717) is 11.3 Å². The number of rotatable bonds is 4. The number of nitrogens with one attached hydrogen (secondary N) is 3. The van der Waals surface area contributed by atoms with Gasteiger partial charge in [0.2, 0.25) is 0 Å². The average Bonchev–Trinajstić information content (AvgIpc) is 3.38. The number of hydrogen-bond acceptors (Lipinski definition) is 6. The van der Waals surface area contributed by atoms with Gasteiger partial charge < -0.3 is 24.4 Å². The zero-order valence-electron chi connectivity index (χ0n) is 15.8. The molecule has 3 aromatic rings. The zero-order valence-corrected chi connectivity index (χ0v) is 15.8. The lowest BCUT2D eigenvalue weighted by molar-refractivity contribution is -0.125. The highest BCUT2D eigenvalue weighted by Crippen LogP contribution is 2.34. The molecule has 1 saturated heterocycles. The van der Waals surface area contributed by atoms with E-state index in [0.717, 1.165) is 5.56 Å². The number of H-pyrrole nitrogens is 1. The largest absolute Gasteiger partial charge is 0.497 e. The highest BCUT2D eigenvalue weighted by Gasteiger charge is 2.53. The Bertz CT molecular complexity index is 1290. The maximum atomic E-state index is 13.0. The minimum atomic E-state index is -1.66. The molecule has 5 rings (SSSR count). The Balaban J connectivity index is 1.57. The third-order valence-electron chi connectivity index (χ3n) is 5.44. The van der Waals surface area contributed by atoms with Crippen molar-refractivity contribution in [1.82, 2.24) is 20.5 Å². The van der Waals surface area contributed by atoms with Crippen LogP contribution in [0.15, 0.2) is 45.7 Å². The van der Waals surface area contributed by atoms with Crippen molar-refractivity contribution < 1.29 is 23.5 Å². The number of amides is 4. The molecule has 1 aromatic carbocycles. The Morgan fingerprint density at radius 1 is 1.17 bits per heavy atom. The molecule has 30 heavy (non-hydrogen) atoms. The molecule has 1 unspecified atom stereocenters. The third-order valence-corrected chi connectivity index (χ3v) is 5.44. The number of aromatic nitrogens is 1. The summed E-state index contributed by atoms with van der Waals surface area (Å²) >= 11 is 0. The van der Waals surface area contributed by atoms with Gasteiger partial charge in [-0.2, -0.15) is 0 Å². The number of aromatic amines is 1. The van der Waals surface area contributed by atoms with Gasteiger partial charge in [0.05, 0.1) is 19.0 Å². The van der Waals surface area contributed by atoms with Gasteiger partial charge in [-0.15, -0.1) is 0 Å². The Hall–Kier alpha value is -4.08. The summed E-state index contributed by atoms with van der Waals surface area (Å²) in [7, 11) is 1.51. The van der Waals surface area contributed by atoms with E-state index in [-0.39, 0.29) is 41.3 Å². The number of pyridine rings is 1. The molecule has 10 heteroatoms. The van der Waals surface area contributed by atoms with Crippen LogP contribution < -0.4 is 20.9 Å². The first-order chi connectivity index (χ1) is 14.4.